The number of fused-ring (bicyclic) bond motifs is 1. The van der Waals surface area contributed by atoms with E-state index in [4.69, 9.17) is 5.26 Å². The summed E-state index contributed by atoms with van der Waals surface area (Å²) in [5, 5.41) is 8.87. The highest BCUT2D eigenvalue weighted by Gasteiger charge is 2.42. The summed E-state index contributed by atoms with van der Waals surface area (Å²) < 4.78 is 38.6. The molecule has 2 saturated heterocycles. The third-order valence-electron chi connectivity index (χ3n) is 5.65. The molecule has 3 heterocycles. The van der Waals surface area contributed by atoms with Crippen molar-refractivity contribution in [3.63, 3.8) is 0 Å². The summed E-state index contributed by atoms with van der Waals surface area (Å²) >= 11 is 0. The number of nitriles is 1. The van der Waals surface area contributed by atoms with Crippen molar-refractivity contribution in [1.29, 1.82) is 5.26 Å². The van der Waals surface area contributed by atoms with Gasteiger partial charge in [-0.25, -0.2) is 4.98 Å². The number of likely N-dealkylation sites (tertiary alicyclic amines) is 1. The Balaban J connectivity index is 1.35. The third kappa shape index (κ3) is 4.04. The minimum Gasteiger partial charge on any atom is -0.356 e. The fraction of sp³-hybridized carbons (Fsp3) is 0.381. The lowest BCUT2D eigenvalue weighted by Crippen LogP contribution is -2.34. The summed E-state index contributed by atoms with van der Waals surface area (Å²) in [7, 11) is 0. The summed E-state index contributed by atoms with van der Waals surface area (Å²) in [4.78, 5) is 20.9. The van der Waals surface area contributed by atoms with E-state index in [1.54, 1.807) is 23.2 Å². The molecule has 0 spiro atoms. The largest absolute Gasteiger partial charge is 0.416 e. The number of carbonyl (C=O) groups excluding carboxylic acids is 1. The number of halogens is 3. The van der Waals surface area contributed by atoms with Gasteiger partial charge in [0.25, 0.3) is 0 Å². The van der Waals surface area contributed by atoms with Crippen molar-refractivity contribution in [3.8, 4) is 6.07 Å². The van der Waals surface area contributed by atoms with Crippen LogP contribution in [0, 0.1) is 23.2 Å². The maximum atomic E-state index is 12.9. The summed E-state index contributed by atoms with van der Waals surface area (Å²) in [6, 6.07) is 10.6. The Hall–Kier alpha value is -3.08. The van der Waals surface area contributed by atoms with E-state index in [1.807, 2.05) is 12.1 Å². The molecular formula is C21H19F3N4O. The molecule has 1 aromatic heterocycles. The van der Waals surface area contributed by atoms with Crippen LogP contribution in [0.15, 0.2) is 42.6 Å². The van der Waals surface area contributed by atoms with Gasteiger partial charge < -0.3 is 9.80 Å². The van der Waals surface area contributed by atoms with Gasteiger partial charge >= 0.3 is 6.18 Å². The van der Waals surface area contributed by atoms with Gasteiger partial charge in [-0.2, -0.15) is 18.4 Å². The van der Waals surface area contributed by atoms with Gasteiger partial charge in [0, 0.05) is 44.2 Å². The molecule has 2 atom stereocenters. The molecule has 1 aromatic carbocycles. The molecule has 29 heavy (non-hydrogen) atoms. The molecule has 0 bridgehead atoms. The highest BCUT2D eigenvalue weighted by molar-refractivity contribution is 5.79. The summed E-state index contributed by atoms with van der Waals surface area (Å²) in [6.45, 7) is 2.76. The van der Waals surface area contributed by atoms with E-state index in [9.17, 15) is 18.0 Å². The van der Waals surface area contributed by atoms with Crippen LogP contribution in [0.1, 0.15) is 16.7 Å². The summed E-state index contributed by atoms with van der Waals surface area (Å²) in [6.07, 6.45) is -2.88. The Kier molecular flexibility index (Phi) is 4.91. The number of nitrogens with zero attached hydrogens (tertiary/aromatic N) is 4. The SMILES string of the molecule is N#Cc1ccc(N2CC3CN(C(=O)Cc4cccc(C(F)(F)F)c4)CC3C2)nc1. The molecular weight excluding hydrogens is 381 g/mol. The first kappa shape index (κ1) is 19.2. The normalized spacial score (nSPS) is 21.2. The van der Waals surface area contributed by atoms with Crippen LogP contribution in [0.5, 0.6) is 0 Å². The molecule has 2 unspecified atom stereocenters. The predicted molar refractivity (Wildman–Crippen MR) is 99.9 cm³/mol. The number of carbonyl (C=O) groups is 1. The van der Waals surface area contributed by atoms with Gasteiger partial charge in [0.2, 0.25) is 5.91 Å². The number of anilines is 1. The van der Waals surface area contributed by atoms with Gasteiger partial charge in [-0.1, -0.05) is 18.2 Å². The highest BCUT2D eigenvalue weighted by Crippen LogP contribution is 2.34. The molecule has 2 aliphatic heterocycles. The van der Waals surface area contributed by atoms with Crippen molar-refractivity contribution in [1.82, 2.24) is 9.88 Å². The molecule has 0 aliphatic carbocycles. The molecule has 0 N–H and O–H groups in total. The number of pyridine rings is 1. The van der Waals surface area contributed by atoms with E-state index in [2.05, 4.69) is 9.88 Å². The van der Waals surface area contributed by atoms with Crippen LogP contribution in [-0.4, -0.2) is 42.0 Å². The van der Waals surface area contributed by atoms with Crippen LogP contribution in [0.4, 0.5) is 19.0 Å². The smallest absolute Gasteiger partial charge is 0.356 e. The van der Waals surface area contributed by atoms with Crippen LogP contribution in [0.25, 0.3) is 0 Å². The number of hydrogen-bond donors (Lipinski definition) is 0. The van der Waals surface area contributed by atoms with E-state index in [-0.39, 0.29) is 12.3 Å². The summed E-state index contributed by atoms with van der Waals surface area (Å²) in [5.41, 5.74) is 0.163. The van der Waals surface area contributed by atoms with Crippen LogP contribution in [-0.2, 0) is 17.4 Å². The number of alkyl halides is 3. The second-order valence-corrected chi connectivity index (χ2v) is 7.62. The lowest BCUT2D eigenvalue weighted by atomic mass is 10.0. The topological polar surface area (TPSA) is 60.2 Å². The van der Waals surface area contributed by atoms with E-state index >= 15 is 0 Å². The maximum absolute atomic E-state index is 12.9. The van der Waals surface area contributed by atoms with Crippen molar-refractivity contribution in [3.05, 3.63) is 59.3 Å². The standard InChI is InChI=1S/C21H19F3N4O/c22-21(23,24)18-3-1-2-14(6-18)7-20(29)28-12-16-10-27(11-17(16)13-28)19-5-4-15(8-25)9-26-19/h1-6,9,16-17H,7,10-13H2. The van der Waals surface area contributed by atoms with Gasteiger partial charge in [0.15, 0.2) is 0 Å². The Morgan fingerprint density at radius 3 is 2.45 bits per heavy atom. The van der Waals surface area contributed by atoms with Crippen molar-refractivity contribution in [2.75, 3.05) is 31.1 Å². The zero-order valence-electron chi connectivity index (χ0n) is 15.6. The second kappa shape index (κ2) is 7.39. The van der Waals surface area contributed by atoms with E-state index < -0.39 is 11.7 Å². The van der Waals surface area contributed by atoms with Crippen LogP contribution >= 0.6 is 0 Å². The Labute approximate surface area is 166 Å². The Morgan fingerprint density at radius 2 is 1.86 bits per heavy atom. The van der Waals surface area contributed by atoms with E-state index in [0.717, 1.165) is 31.0 Å². The highest BCUT2D eigenvalue weighted by atomic mass is 19.4. The number of amides is 1. The minimum atomic E-state index is -4.41. The third-order valence-corrected chi connectivity index (χ3v) is 5.65. The van der Waals surface area contributed by atoms with Gasteiger partial charge in [-0.3, -0.25) is 4.79 Å². The van der Waals surface area contributed by atoms with Gasteiger partial charge in [-0.15, -0.1) is 0 Å². The molecule has 0 radical (unpaired) electrons. The maximum Gasteiger partial charge on any atom is 0.416 e. The Bertz CT molecular complexity index is 938. The molecule has 2 aromatic rings. The molecule has 4 rings (SSSR count). The number of aromatic nitrogens is 1. The number of hydrogen-bond acceptors (Lipinski definition) is 4. The predicted octanol–water partition coefficient (Wildman–Crippen LogP) is 3.11. The minimum absolute atomic E-state index is 0.0236. The fourth-order valence-corrected chi connectivity index (χ4v) is 4.17. The van der Waals surface area contributed by atoms with Gasteiger partial charge in [0.05, 0.1) is 17.5 Å². The molecule has 2 fully saturated rings. The lowest BCUT2D eigenvalue weighted by Gasteiger charge is -2.22. The monoisotopic (exact) mass is 400 g/mol. The average Bonchev–Trinajstić information content (AvgIpc) is 3.27. The quantitative estimate of drug-likeness (QED) is 0.795. The zero-order valence-corrected chi connectivity index (χ0v) is 15.6. The molecule has 2 aliphatic rings. The van der Waals surface area contributed by atoms with E-state index in [1.165, 1.54) is 6.07 Å². The van der Waals surface area contributed by atoms with Gasteiger partial charge in [0.1, 0.15) is 11.9 Å². The second-order valence-electron chi connectivity index (χ2n) is 7.62. The average molecular weight is 400 g/mol. The molecule has 1 amide bonds. The number of benzene rings is 1. The first-order valence-electron chi connectivity index (χ1n) is 9.38. The van der Waals surface area contributed by atoms with Crippen LogP contribution < -0.4 is 4.90 Å². The van der Waals surface area contributed by atoms with Gasteiger partial charge in [-0.05, 0) is 23.8 Å². The molecule has 5 nitrogen and oxygen atoms in total. The summed E-state index contributed by atoms with van der Waals surface area (Å²) in [5.74, 6) is 1.32. The molecule has 0 saturated carbocycles. The van der Waals surface area contributed by atoms with Crippen molar-refractivity contribution >= 4 is 11.7 Å². The van der Waals surface area contributed by atoms with E-state index in [0.29, 0.717) is 36.1 Å². The van der Waals surface area contributed by atoms with Crippen LogP contribution in [0.3, 0.4) is 0 Å². The fourth-order valence-electron chi connectivity index (χ4n) is 4.17. The molecule has 150 valence electrons. The molecule has 8 heteroatoms. The van der Waals surface area contributed by atoms with Crippen molar-refractivity contribution in [2.24, 2.45) is 11.8 Å². The van der Waals surface area contributed by atoms with Crippen LogP contribution in [0.2, 0.25) is 0 Å². The van der Waals surface area contributed by atoms with Crippen molar-refractivity contribution in [2.45, 2.75) is 12.6 Å². The number of rotatable bonds is 3. The zero-order chi connectivity index (χ0) is 20.6. The first-order chi connectivity index (χ1) is 13.8. The first-order valence-corrected chi connectivity index (χ1v) is 9.38. The Morgan fingerprint density at radius 1 is 1.14 bits per heavy atom. The lowest BCUT2D eigenvalue weighted by molar-refractivity contribution is -0.138. The van der Waals surface area contributed by atoms with Crippen molar-refractivity contribution < 1.29 is 18.0 Å².